The number of hydrazone groups is 1. The summed E-state index contributed by atoms with van der Waals surface area (Å²) in [5.74, 6) is -0.872. The molecule has 2 aromatic carbocycles. The number of nitro groups is 1. The van der Waals surface area contributed by atoms with Crippen LogP contribution in [0.25, 0.3) is 0 Å². The number of hydrogen-bond donors (Lipinski definition) is 1. The summed E-state index contributed by atoms with van der Waals surface area (Å²) in [6, 6.07) is 9.20. The molecule has 0 radical (unpaired) electrons. The smallest absolute Gasteiger partial charge is 0.314 e. The van der Waals surface area contributed by atoms with E-state index < -0.39 is 23.1 Å². The van der Waals surface area contributed by atoms with Crippen molar-refractivity contribution >= 4 is 52.6 Å². The minimum atomic E-state index is -0.706. The van der Waals surface area contributed by atoms with Gasteiger partial charge >= 0.3 is 5.69 Å². The van der Waals surface area contributed by atoms with Crippen LogP contribution in [0.5, 0.6) is 5.75 Å². The van der Waals surface area contributed by atoms with Crippen LogP contribution >= 0.6 is 34.8 Å². The Bertz CT molecular complexity index is 843. The first-order valence-corrected chi connectivity index (χ1v) is 7.84. The normalized spacial score (nSPS) is 10.7. The largest absolute Gasteiger partial charge is 0.476 e. The summed E-state index contributed by atoms with van der Waals surface area (Å²) < 4.78 is 5.13. The molecule has 2 aromatic rings. The molecular formula is C15H10Cl3N3O4. The SMILES string of the molecule is O=C(COc1c(Cl)cc(Cl)cc1[N+](=O)[O-])N/N=C\c1cccc(Cl)c1. The molecule has 0 saturated carbocycles. The maximum atomic E-state index is 11.7. The summed E-state index contributed by atoms with van der Waals surface area (Å²) in [5.41, 5.74) is 2.47. The van der Waals surface area contributed by atoms with Crippen molar-refractivity contribution in [2.75, 3.05) is 6.61 Å². The molecule has 0 unspecified atom stereocenters. The molecule has 7 nitrogen and oxygen atoms in total. The van der Waals surface area contributed by atoms with Gasteiger partial charge in [0.1, 0.15) is 0 Å². The van der Waals surface area contributed by atoms with Gasteiger partial charge < -0.3 is 4.74 Å². The molecular weight excluding hydrogens is 393 g/mol. The van der Waals surface area contributed by atoms with Gasteiger partial charge in [0.15, 0.2) is 6.61 Å². The zero-order chi connectivity index (χ0) is 18.4. The van der Waals surface area contributed by atoms with E-state index in [1.807, 2.05) is 0 Å². The van der Waals surface area contributed by atoms with E-state index in [2.05, 4.69) is 10.5 Å². The molecule has 0 aliphatic heterocycles. The van der Waals surface area contributed by atoms with E-state index in [9.17, 15) is 14.9 Å². The van der Waals surface area contributed by atoms with Gasteiger partial charge in [0, 0.05) is 16.1 Å². The molecule has 0 spiro atoms. The second-order valence-corrected chi connectivity index (χ2v) is 5.91. The van der Waals surface area contributed by atoms with Crippen LogP contribution in [-0.2, 0) is 4.79 Å². The predicted octanol–water partition coefficient (Wildman–Crippen LogP) is 4.08. The Balaban J connectivity index is 1.97. The van der Waals surface area contributed by atoms with Crippen molar-refractivity contribution in [1.29, 1.82) is 0 Å². The molecule has 0 saturated heterocycles. The van der Waals surface area contributed by atoms with E-state index in [-0.39, 0.29) is 15.8 Å². The fourth-order valence-corrected chi connectivity index (χ4v) is 2.50. The van der Waals surface area contributed by atoms with E-state index in [4.69, 9.17) is 39.5 Å². The highest BCUT2D eigenvalue weighted by Gasteiger charge is 2.21. The number of carbonyl (C=O) groups excluding carboxylic acids is 1. The number of amides is 1. The van der Waals surface area contributed by atoms with Gasteiger partial charge in [0.05, 0.1) is 16.2 Å². The average Bonchev–Trinajstić information content (AvgIpc) is 2.53. The first-order chi connectivity index (χ1) is 11.9. The summed E-state index contributed by atoms with van der Waals surface area (Å²) in [4.78, 5) is 22.0. The van der Waals surface area contributed by atoms with E-state index in [1.54, 1.807) is 24.3 Å². The van der Waals surface area contributed by atoms with Crippen molar-refractivity contribution in [3.8, 4) is 5.75 Å². The number of nitro benzene ring substituents is 1. The standard InChI is InChI=1S/C15H10Cl3N3O4/c16-10-3-1-2-9(4-10)7-19-20-14(22)8-25-15-12(18)5-11(17)6-13(15)21(23)24/h1-7H,8H2,(H,20,22)/b19-7-. The fraction of sp³-hybridized carbons (Fsp3) is 0.0667. The summed E-state index contributed by atoms with van der Waals surface area (Å²) in [5, 5.41) is 15.3. The molecule has 1 amide bonds. The predicted molar refractivity (Wildman–Crippen MR) is 95.8 cm³/mol. The maximum absolute atomic E-state index is 11.7. The number of nitrogens with one attached hydrogen (secondary N) is 1. The van der Waals surface area contributed by atoms with Gasteiger partial charge in [-0.1, -0.05) is 46.9 Å². The van der Waals surface area contributed by atoms with Crippen LogP contribution in [0.15, 0.2) is 41.5 Å². The Labute approximate surface area is 157 Å². The summed E-state index contributed by atoms with van der Waals surface area (Å²) in [6.45, 7) is -0.519. The van der Waals surface area contributed by atoms with Gasteiger partial charge in [-0.05, 0) is 23.8 Å². The lowest BCUT2D eigenvalue weighted by Gasteiger charge is -2.08. The van der Waals surface area contributed by atoms with Crippen LogP contribution in [0, 0.1) is 10.1 Å². The van der Waals surface area contributed by atoms with Crippen LogP contribution in [0.2, 0.25) is 15.1 Å². The molecule has 0 heterocycles. The second kappa shape index (κ2) is 8.66. The number of rotatable bonds is 6. The summed E-state index contributed by atoms with van der Waals surface area (Å²) in [6.07, 6.45) is 1.39. The monoisotopic (exact) mass is 401 g/mol. The number of benzene rings is 2. The minimum absolute atomic E-state index is 0.0746. The van der Waals surface area contributed by atoms with E-state index in [1.165, 1.54) is 12.3 Å². The highest BCUT2D eigenvalue weighted by molar-refractivity contribution is 6.36. The van der Waals surface area contributed by atoms with Crippen molar-refractivity contribution in [1.82, 2.24) is 5.43 Å². The number of carbonyl (C=O) groups is 1. The third kappa shape index (κ3) is 5.60. The topological polar surface area (TPSA) is 93.8 Å². The third-order valence-corrected chi connectivity index (χ3v) is 3.52. The van der Waals surface area contributed by atoms with Gasteiger partial charge in [-0.2, -0.15) is 5.10 Å². The van der Waals surface area contributed by atoms with Crippen molar-refractivity contribution < 1.29 is 14.5 Å². The second-order valence-electron chi connectivity index (χ2n) is 4.63. The number of ether oxygens (including phenoxy) is 1. The zero-order valence-electron chi connectivity index (χ0n) is 12.4. The molecule has 0 aliphatic rings. The van der Waals surface area contributed by atoms with Crippen LogP contribution in [0.4, 0.5) is 5.69 Å². The molecule has 130 valence electrons. The summed E-state index contributed by atoms with van der Waals surface area (Å²) in [7, 11) is 0. The molecule has 1 N–H and O–H groups in total. The van der Waals surface area contributed by atoms with E-state index in [0.717, 1.165) is 6.07 Å². The Morgan fingerprint density at radius 1 is 1.24 bits per heavy atom. The first kappa shape index (κ1) is 19.0. The fourth-order valence-electron chi connectivity index (χ4n) is 1.76. The van der Waals surface area contributed by atoms with E-state index >= 15 is 0 Å². The molecule has 0 aliphatic carbocycles. The number of hydrogen-bond acceptors (Lipinski definition) is 5. The molecule has 0 fully saturated rings. The molecule has 2 rings (SSSR count). The Morgan fingerprint density at radius 2 is 2.00 bits per heavy atom. The van der Waals surface area contributed by atoms with E-state index in [0.29, 0.717) is 10.6 Å². The van der Waals surface area contributed by atoms with Crippen LogP contribution in [0.3, 0.4) is 0 Å². The number of halogens is 3. The Kier molecular flexibility index (Phi) is 6.58. The molecule has 25 heavy (non-hydrogen) atoms. The van der Waals surface area contributed by atoms with Crippen LogP contribution in [-0.4, -0.2) is 23.7 Å². The Hall–Kier alpha value is -2.35. The lowest BCUT2D eigenvalue weighted by molar-refractivity contribution is -0.385. The highest BCUT2D eigenvalue weighted by Crippen LogP contribution is 2.37. The quantitative estimate of drug-likeness (QED) is 0.447. The van der Waals surface area contributed by atoms with Gasteiger partial charge in [-0.3, -0.25) is 14.9 Å². The van der Waals surface area contributed by atoms with Crippen molar-refractivity contribution in [3.63, 3.8) is 0 Å². The lowest BCUT2D eigenvalue weighted by atomic mass is 10.2. The summed E-state index contributed by atoms with van der Waals surface area (Å²) >= 11 is 17.4. The van der Waals surface area contributed by atoms with Crippen molar-refractivity contribution in [3.05, 3.63) is 67.1 Å². The maximum Gasteiger partial charge on any atom is 0.314 e. The first-order valence-electron chi connectivity index (χ1n) is 6.70. The molecule has 10 heteroatoms. The minimum Gasteiger partial charge on any atom is -0.476 e. The van der Waals surface area contributed by atoms with Crippen LogP contribution in [0.1, 0.15) is 5.56 Å². The highest BCUT2D eigenvalue weighted by atomic mass is 35.5. The number of nitrogens with zero attached hydrogens (tertiary/aromatic N) is 2. The van der Waals surface area contributed by atoms with Crippen molar-refractivity contribution in [2.45, 2.75) is 0 Å². The average molecular weight is 403 g/mol. The molecule has 0 bridgehead atoms. The van der Waals surface area contributed by atoms with Crippen molar-refractivity contribution in [2.24, 2.45) is 5.10 Å². The molecule has 0 atom stereocenters. The van der Waals surface area contributed by atoms with Gasteiger partial charge in [-0.15, -0.1) is 0 Å². The van der Waals surface area contributed by atoms with Crippen LogP contribution < -0.4 is 10.2 Å². The van der Waals surface area contributed by atoms with Gasteiger partial charge in [0.2, 0.25) is 5.75 Å². The third-order valence-electron chi connectivity index (χ3n) is 2.78. The van der Waals surface area contributed by atoms with Gasteiger partial charge in [-0.25, -0.2) is 5.43 Å². The van der Waals surface area contributed by atoms with Gasteiger partial charge in [0.25, 0.3) is 5.91 Å². The Morgan fingerprint density at radius 3 is 2.68 bits per heavy atom. The zero-order valence-corrected chi connectivity index (χ0v) is 14.7. The molecule has 0 aromatic heterocycles. The lowest BCUT2D eigenvalue weighted by Crippen LogP contribution is -2.24.